The predicted molar refractivity (Wildman–Crippen MR) is 188 cm³/mol. The summed E-state index contributed by atoms with van der Waals surface area (Å²) in [6, 6.07) is 5.46. The van der Waals surface area contributed by atoms with Crippen LogP contribution in [0.1, 0.15) is 98.5 Å². The van der Waals surface area contributed by atoms with Gasteiger partial charge in [0.25, 0.3) is 5.56 Å². The average molecular weight is 592 g/mol. The molecule has 0 saturated carbocycles. The Hall–Kier alpha value is -3.36. The third-order valence-electron chi connectivity index (χ3n) is 4.83. The van der Waals surface area contributed by atoms with E-state index in [9.17, 15) is 4.79 Å². The molecule has 1 heterocycles. The highest BCUT2D eigenvalue weighted by Gasteiger charge is 2.22. The number of aryl methyl sites for hydroxylation is 2. The van der Waals surface area contributed by atoms with Crippen LogP contribution in [0.4, 0.5) is 15.9 Å². The van der Waals surface area contributed by atoms with E-state index in [1.165, 1.54) is 7.05 Å². The zero-order chi connectivity index (χ0) is 34.0. The normalized spacial score (nSPS) is 9.43. The van der Waals surface area contributed by atoms with Gasteiger partial charge in [-0.1, -0.05) is 78.3 Å². The molecule has 0 radical (unpaired) electrons. The van der Waals surface area contributed by atoms with Crippen molar-refractivity contribution < 1.29 is 9.32 Å². The lowest BCUT2D eigenvalue weighted by Gasteiger charge is -2.23. The van der Waals surface area contributed by atoms with Crippen LogP contribution in [0.5, 0.6) is 5.75 Å². The summed E-state index contributed by atoms with van der Waals surface area (Å²) in [5, 5.41) is 6.41. The molecule has 0 aliphatic rings. The number of H-pyrrole nitrogens is 1. The Kier molecular flexibility index (Phi) is 30.2. The summed E-state index contributed by atoms with van der Waals surface area (Å²) in [6.45, 7) is 34.1. The molecule has 0 spiro atoms. The topological polar surface area (TPSA) is 95.4 Å². The summed E-state index contributed by atoms with van der Waals surface area (Å²) in [4.78, 5) is 20.3. The summed E-state index contributed by atoms with van der Waals surface area (Å²) in [7, 11) is 3.43. The SMILES string of the molecule is C=C/C=C(\C)c1cc(NC(C)C)c(C(=C)C)c(N(F)Oc2c(C)cc(C)[nH]c2=O)c1.CC.CC.CC.CCNC.CN. The molecule has 0 aliphatic carbocycles. The predicted octanol–water partition coefficient (Wildman–Crippen LogP) is 9.00. The van der Waals surface area contributed by atoms with Crippen molar-refractivity contribution in [3.8, 4) is 5.75 Å². The summed E-state index contributed by atoms with van der Waals surface area (Å²) in [6.07, 6.45) is 3.52. The summed E-state index contributed by atoms with van der Waals surface area (Å²) in [5.41, 5.74) is 9.02. The van der Waals surface area contributed by atoms with Gasteiger partial charge < -0.3 is 26.2 Å². The van der Waals surface area contributed by atoms with Crippen LogP contribution in [-0.2, 0) is 0 Å². The first-order valence-corrected chi connectivity index (χ1v) is 14.9. The lowest BCUT2D eigenvalue weighted by molar-refractivity contribution is 0.138. The highest BCUT2D eigenvalue weighted by atomic mass is 19.2. The molecule has 0 saturated heterocycles. The fourth-order valence-corrected chi connectivity index (χ4v) is 3.22. The average Bonchev–Trinajstić information content (AvgIpc) is 2.98. The maximum Gasteiger partial charge on any atom is 0.294 e. The molecule has 7 nitrogen and oxygen atoms in total. The molecule has 1 aromatic heterocycles. The molecule has 8 heteroatoms. The lowest BCUT2D eigenvalue weighted by atomic mass is 9.97. The maximum atomic E-state index is 15.4. The van der Waals surface area contributed by atoms with Crippen LogP contribution in [0.25, 0.3) is 11.1 Å². The number of hydrogen-bond acceptors (Lipinski definition) is 6. The fourth-order valence-electron chi connectivity index (χ4n) is 3.22. The number of allylic oxidation sites excluding steroid dienone is 4. The van der Waals surface area contributed by atoms with Gasteiger partial charge in [0.2, 0.25) is 5.75 Å². The molecule has 0 unspecified atom stereocenters. The molecule has 0 fully saturated rings. The number of halogens is 1. The van der Waals surface area contributed by atoms with E-state index >= 15 is 4.48 Å². The Labute approximate surface area is 257 Å². The van der Waals surface area contributed by atoms with Crippen LogP contribution < -0.4 is 32.0 Å². The number of anilines is 2. The van der Waals surface area contributed by atoms with Gasteiger partial charge in [0.15, 0.2) is 0 Å². The smallest absolute Gasteiger partial charge is 0.294 e. The van der Waals surface area contributed by atoms with Gasteiger partial charge >= 0.3 is 0 Å². The van der Waals surface area contributed by atoms with Gasteiger partial charge in [0, 0.05) is 28.6 Å². The van der Waals surface area contributed by atoms with Crippen molar-refractivity contribution in [3.05, 3.63) is 76.2 Å². The quantitative estimate of drug-likeness (QED) is 0.132. The number of aromatic amines is 1. The number of nitrogens with zero attached hydrogens (tertiary/aromatic N) is 1. The maximum absolute atomic E-state index is 15.4. The van der Waals surface area contributed by atoms with Gasteiger partial charge in [-0.15, -0.1) is 0 Å². The zero-order valence-corrected chi connectivity index (χ0v) is 29.3. The zero-order valence-electron chi connectivity index (χ0n) is 29.3. The second-order valence-corrected chi connectivity index (χ2v) is 8.42. The largest absolute Gasteiger partial charge is 0.382 e. The Bertz CT molecular complexity index is 1090. The first-order valence-electron chi connectivity index (χ1n) is 14.9. The number of benzene rings is 1. The molecule has 5 N–H and O–H groups in total. The van der Waals surface area contributed by atoms with Crippen molar-refractivity contribution in [1.82, 2.24) is 10.3 Å². The van der Waals surface area contributed by atoms with E-state index in [2.05, 4.69) is 41.4 Å². The van der Waals surface area contributed by atoms with E-state index in [1.54, 1.807) is 39.0 Å². The van der Waals surface area contributed by atoms with Gasteiger partial charge in [-0.3, -0.25) is 4.79 Å². The first kappa shape index (κ1) is 45.6. The molecule has 0 amide bonds. The highest BCUT2D eigenvalue weighted by Crippen LogP contribution is 2.37. The summed E-state index contributed by atoms with van der Waals surface area (Å²) >= 11 is 0. The van der Waals surface area contributed by atoms with E-state index < -0.39 is 5.56 Å². The van der Waals surface area contributed by atoms with Crippen molar-refractivity contribution >= 4 is 22.5 Å². The first-order chi connectivity index (χ1) is 20.0. The molecular formula is C34H62FN5O2. The fraction of sp³-hybridized carbons (Fsp3) is 0.500. The van der Waals surface area contributed by atoms with E-state index in [-0.39, 0.29) is 22.8 Å². The van der Waals surface area contributed by atoms with E-state index in [0.29, 0.717) is 22.4 Å². The Morgan fingerprint density at radius 3 is 1.98 bits per heavy atom. The molecule has 1 aromatic carbocycles. The van der Waals surface area contributed by atoms with Crippen LogP contribution >= 0.6 is 0 Å². The minimum atomic E-state index is -0.494. The second kappa shape index (κ2) is 27.8. The minimum Gasteiger partial charge on any atom is -0.382 e. The molecule has 0 atom stereocenters. The van der Waals surface area contributed by atoms with Gasteiger partial charge in [-0.2, -0.15) is 0 Å². The third kappa shape index (κ3) is 16.8. The van der Waals surface area contributed by atoms with Crippen molar-refractivity contribution in [2.75, 3.05) is 31.2 Å². The molecule has 2 rings (SSSR count). The van der Waals surface area contributed by atoms with Crippen molar-refractivity contribution in [3.63, 3.8) is 0 Å². The lowest BCUT2D eigenvalue weighted by Crippen LogP contribution is -2.25. The van der Waals surface area contributed by atoms with E-state index in [1.807, 2.05) is 81.5 Å². The number of aromatic nitrogens is 1. The van der Waals surface area contributed by atoms with Crippen molar-refractivity contribution in [2.45, 2.75) is 96.1 Å². The summed E-state index contributed by atoms with van der Waals surface area (Å²) < 4.78 is 15.4. The molecule has 42 heavy (non-hydrogen) atoms. The minimum absolute atomic E-state index is 0.0992. The van der Waals surface area contributed by atoms with Crippen LogP contribution in [-0.4, -0.2) is 31.7 Å². The van der Waals surface area contributed by atoms with Crippen LogP contribution in [0, 0.1) is 13.8 Å². The summed E-state index contributed by atoms with van der Waals surface area (Å²) in [5.74, 6) is -0.0992. The Balaban J connectivity index is -0.000000525. The van der Waals surface area contributed by atoms with Gasteiger partial charge in [0.05, 0.1) is 0 Å². The van der Waals surface area contributed by atoms with Gasteiger partial charge in [-0.25, -0.2) is 0 Å². The number of nitrogens with one attached hydrogen (secondary N) is 3. The molecule has 0 aliphatic heterocycles. The molecule has 0 bridgehead atoms. The van der Waals surface area contributed by atoms with Crippen LogP contribution in [0.2, 0.25) is 0 Å². The van der Waals surface area contributed by atoms with Crippen LogP contribution in [0.15, 0.2) is 48.3 Å². The van der Waals surface area contributed by atoms with Crippen molar-refractivity contribution in [1.29, 1.82) is 0 Å². The highest BCUT2D eigenvalue weighted by molar-refractivity contribution is 5.87. The molecular weight excluding hydrogens is 529 g/mol. The third-order valence-corrected chi connectivity index (χ3v) is 4.83. The van der Waals surface area contributed by atoms with Crippen molar-refractivity contribution in [2.24, 2.45) is 5.73 Å². The number of pyridine rings is 1. The molecule has 242 valence electrons. The Morgan fingerprint density at radius 2 is 1.60 bits per heavy atom. The monoisotopic (exact) mass is 591 g/mol. The second-order valence-electron chi connectivity index (χ2n) is 8.42. The Morgan fingerprint density at radius 1 is 1.10 bits per heavy atom. The standard InChI is InChI=1S/C24H30FN3O2.C3H9N.3C2H6.CH5N/c1-9-10-16(6)19-12-20(26-15(4)5)22(14(2)3)21(13-19)28(25)30-23-17(7)11-18(8)27-24(23)29;1-3-4-2;4*1-2/h9-13,15,26H,1-2H2,3-8H3,(H,27,29);4H,3H2,1-2H3;3*1-2H3;2H2,1H3/b16-10+;;;;;. The van der Waals surface area contributed by atoms with Gasteiger partial charge in [0.1, 0.15) is 5.69 Å². The number of rotatable bonds is 9. The van der Waals surface area contributed by atoms with Crippen LogP contribution in [0.3, 0.4) is 0 Å². The van der Waals surface area contributed by atoms with E-state index in [0.717, 1.165) is 23.4 Å². The van der Waals surface area contributed by atoms with Gasteiger partial charge in [-0.05, 0) is 102 Å². The number of nitrogens with two attached hydrogens (primary N) is 1. The molecule has 2 aromatic rings. The number of hydrogen-bond donors (Lipinski definition) is 4. The van der Waals surface area contributed by atoms with E-state index in [4.69, 9.17) is 4.84 Å².